The molecule has 0 saturated carbocycles. The number of fused-ring (bicyclic) bond motifs is 1. The fourth-order valence-electron chi connectivity index (χ4n) is 5.48. The molecular formula is C28H29BrN2O8. The summed E-state index contributed by atoms with van der Waals surface area (Å²) in [6.07, 6.45) is 1.51. The van der Waals surface area contributed by atoms with Crippen molar-refractivity contribution in [2.24, 2.45) is 17.8 Å². The van der Waals surface area contributed by atoms with Gasteiger partial charge in [-0.1, -0.05) is 22.0 Å². The molecule has 4 rings (SSSR count). The van der Waals surface area contributed by atoms with Gasteiger partial charge in [-0.15, -0.1) is 0 Å². The van der Waals surface area contributed by atoms with Crippen molar-refractivity contribution in [1.29, 1.82) is 0 Å². The van der Waals surface area contributed by atoms with Gasteiger partial charge >= 0.3 is 6.09 Å². The van der Waals surface area contributed by atoms with Crippen molar-refractivity contribution in [3.05, 3.63) is 69.5 Å². The van der Waals surface area contributed by atoms with Gasteiger partial charge in [0.25, 0.3) is 0 Å². The molecule has 1 aliphatic heterocycles. The Morgan fingerprint density at radius 2 is 2.00 bits per heavy atom. The number of phenolic OH excluding ortho intramolecular Hbond substituents is 1. The molecule has 3 amide bonds. The van der Waals surface area contributed by atoms with Gasteiger partial charge in [0, 0.05) is 22.2 Å². The summed E-state index contributed by atoms with van der Waals surface area (Å²) < 4.78 is 5.35. The largest absolute Gasteiger partial charge is 0.507 e. The highest BCUT2D eigenvalue weighted by atomic mass is 79.9. The van der Waals surface area contributed by atoms with Crippen LogP contribution >= 0.6 is 15.9 Å². The molecule has 10 nitrogen and oxygen atoms in total. The number of halogens is 1. The fraction of sp³-hybridized carbons (Fsp3) is 0.357. The van der Waals surface area contributed by atoms with Crippen LogP contribution in [0.15, 0.2) is 58.2 Å². The van der Waals surface area contributed by atoms with Crippen molar-refractivity contribution in [2.75, 3.05) is 20.3 Å². The minimum atomic E-state index is -1.18. The number of carbonyl (C=O) groups excluding carboxylic acids is 3. The van der Waals surface area contributed by atoms with Crippen LogP contribution in [0.25, 0.3) is 11.6 Å². The van der Waals surface area contributed by atoms with Gasteiger partial charge in [0.05, 0.1) is 44.0 Å². The van der Waals surface area contributed by atoms with E-state index in [0.717, 1.165) is 11.6 Å². The van der Waals surface area contributed by atoms with Gasteiger partial charge in [0.1, 0.15) is 5.75 Å². The van der Waals surface area contributed by atoms with E-state index in [2.05, 4.69) is 25.7 Å². The van der Waals surface area contributed by atoms with E-state index in [4.69, 9.17) is 0 Å². The van der Waals surface area contributed by atoms with E-state index in [0.29, 0.717) is 39.3 Å². The molecule has 1 aliphatic carbocycles. The van der Waals surface area contributed by atoms with Crippen LogP contribution in [0.5, 0.6) is 5.75 Å². The molecule has 4 N–H and O–H groups in total. The summed E-state index contributed by atoms with van der Waals surface area (Å²) in [6.45, 7) is -1.05. The first-order chi connectivity index (χ1) is 18.7. The smallest absolute Gasteiger partial charge is 0.423 e. The number of aromatic nitrogens is 1. The molecule has 2 aromatic rings. The lowest BCUT2D eigenvalue weighted by atomic mass is 9.68. The third-order valence-electron chi connectivity index (χ3n) is 7.29. The van der Waals surface area contributed by atoms with Crippen LogP contribution in [0.2, 0.25) is 0 Å². The number of ether oxygens (including phenoxy) is 1. The third kappa shape index (κ3) is 5.67. The monoisotopic (exact) mass is 600 g/mol. The van der Waals surface area contributed by atoms with Crippen molar-refractivity contribution in [3.8, 4) is 5.75 Å². The lowest BCUT2D eigenvalue weighted by Gasteiger charge is -2.36. The number of pyridine rings is 1. The highest BCUT2D eigenvalue weighted by molar-refractivity contribution is 9.10. The predicted molar refractivity (Wildman–Crippen MR) is 144 cm³/mol. The summed E-state index contributed by atoms with van der Waals surface area (Å²) in [7, 11) is 1.06. The number of phenols is 1. The van der Waals surface area contributed by atoms with Gasteiger partial charge in [-0.2, -0.15) is 4.90 Å². The van der Waals surface area contributed by atoms with Gasteiger partial charge in [-0.05, 0) is 72.4 Å². The summed E-state index contributed by atoms with van der Waals surface area (Å²) in [5.41, 5.74) is 2.53. The minimum absolute atomic E-state index is 0.0308. The molecule has 0 bridgehead atoms. The Morgan fingerprint density at radius 1 is 1.23 bits per heavy atom. The maximum absolute atomic E-state index is 13.1. The lowest BCUT2D eigenvalue weighted by Crippen LogP contribution is -2.40. The number of carbonyl (C=O) groups is 3. The van der Waals surface area contributed by atoms with Crippen molar-refractivity contribution >= 4 is 45.5 Å². The number of aliphatic hydroxyl groups is 3. The van der Waals surface area contributed by atoms with E-state index in [-0.39, 0.29) is 18.6 Å². The van der Waals surface area contributed by atoms with Crippen LogP contribution in [-0.2, 0) is 14.3 Å². The molecule has 1 aromatic carbocycles. The van der Waals surface area contributed by atoms with E-state index >= 15 is 0 Å². The Balaban J connectivity index is 1.65. The van der Waals surface area contributed by atoms with Crippen molar-refractivity contribution in [3.63, 3.8) is 0 Å². The number of nitrogens with zero attached hydrogens (tertiary/aromatic N) is 2. The minimum Gasteiger partial charge on any atom is -0.507 e. The number of hydrogen-bond acceptors (Lipinski definition) is 9. The maximum atomic E-state index is 13.1. The SMILES string of the molecule is COC(=O)N1C(=O)[C@@H]2[C@@H](CC(CO)=C([C@H](O)CC/C(=C/c3cc(Br)ccc3O)c3ccccn3)[C@@H]2CO)C1=O. The second kappa shape index (κ2) is 12.2. The molecule has 0 spiro atoms. The number of methoxy groups -OCH3 is 1. The van der Waals surface area contributed by atoms with Crippen molar-refractivity contribution < 1.29 is 39.5 Å². The predicted octanol–water partition coefficient (Wildman–Crippen LogP) is 2.90. The molecule has 2 aliphatic rings. The van der Waals surface area contributed by atoms with Gasteiger partial charge in [0.2, 0.25) is 11.8 Å². The number of hydrogen-bond donors (Lipinski definition) is 4. The van der Waals surface area contributed by atoms with E-state index in [1.54, 1.807) is 42.6 Å². The normalized spacial score (nSPS) is 22.2. The zero-order valence-corrected chi connectivity index (χ0v) is 22.7. The molecule has 206 valence electrons. The van der Waals surface area contributed by atoms with E-state index in [1.165, 1.54) is 0 Å². The average molecular weight is 601 g/mol. The molecule has 1 aromatic heterocycles. The standard InChI is InChI=1S/C28H29BrN2O8/c1-39-28(38)31-26(36)19-12-17(13-32)24(20(14-33)25(19)27(31)37)23(35)7-5-15(21-4-2-3-9-30-21)10-16-11-18(29)6-8-22(16)34/h2-4,6,8-11,19-20,23,25,32-35H,5,7,12-14H2,1H3/b15-10-/t19-,20+,23-,25-/m1/s1. The highest BCUT2D eigenvalue weighted by Gasteiger charge is 2.57. The van der Waals surface area contributed by atoms with Crippen LogP contribution in [0.3, 0.4) is 0 Å². The lowest BCUT2D eigenvalue weighted by molar-refractivity contribution is -0.137. The number of imide groups is 3. The van der Waals surface area contributed by atoms with Gasteiger partial charge in [0.15, 0.2) is 0 Å². The molecule has 1 saturated heterocycles. The number of allylic oxidation sites excluding steroid dienone is 1. The van der Waals surface area contributed by atoms with E-state index in [1.807, 2.05) is 6.07 Å². The summed E-state index contributed by atoms with van der Waals surface area (Å²) in [4.78, 5) is 42.9. The van der Waals surface area contributed by atoms with Crippen LogP contribution in [0.4, 0.5) is 4.79 Å². The Morgan fingerprint density at radius 3 is 2.64 bits per heavy atom. The summed E-state index contributed by atoms with van der Waals surface area (Å²) in [5.74, 6) is -4.46. The van der Waals surface area contributed by atoms with Gasteiger partial charge in [-0.3, -0.25) is 14.6 Å². The fourth-order valence-corrected chi connectivity index (χ4v) is 5.86. The quantitative estimate of drug-likeness (QED) is 0.264. The third-order valence-corrected chi connectivity index (χ3v) is 7.78. The maximum Gasteiger partial charge on any atom is 0.423 e. The second-order valence-corrected chi connectivity index (χ2v) is 10.4. The van der Waals surface area contributed by atoms with Crippen LogP contribution in [0, 0.1) is 17.8 Å². The Hall–Kier alpha value is -3.38. The first-order valence-electron chi connectivity index (χ1n) is 12.4. The Kier molecular flexibility index (Phi) is 8.96. The van der Waals surface area contributed by atoms with Crippen LogP contribution < -0.4 is 0 Å². The molecule has 1 fully saturated rings. The number of rotatable bonds is 8. The number of likely N-dealkylation sites (tertiary alicyclic amines) is 1. The highest BCUT2D eigenvalue weighted by Crippen LogP contribution is 2.46. The van der Waals surface area contributed by atoms with Crippen molar-refractivity contribution in [1.82, 2.24) is 9.88 Å². The Bertz CT molecular complexity index is 1330. The van der Waals surface area contributed by atoms with E-state index in [9.17, 15) is 34.8 Å². The van der Waals surface area contributed by atoms with E-state index < -0.39 is 55.0 Å². The molecule has 2 heterocycles. The number of amides is 3. The molecule has 0 radical (unpaired) electrons. The molecular weight excluding hydrogens is 572 g/mol. The summed E-state index contributed by atoms with van der Waals surface area (Å²) in [6, 6.07) is 10.4. The zero-order valence-electron chi connectivity index (χ0n) is 21.2. The second-order valence-electron chi connectivity index (χ2n) is 9.47. The van der Waals surface area contributed by atoms with Gasteiger partial charge < -0.3 is 25.2 Å². The van der Waals surface area contributed by atoms with Crippen LogP contribution in [0.1, 0.15) is 30.5 Å². The van der Waals surface area contributed by atoms with Crippen molar-refractivity contribution in [2.45, 2.75) is 25.4 Å². The van der Waals surface area contributed by atoms with Gasteiger partial charge in [-0.25, -0.2) is 4.79 Å². The molecule has 4 atom stereocenters. The molecule has 0 unspecified atom stereocenters. The number of aliphatic hydroxyl groups excluding tert-OH is 3. The first kappa shape index (κ1) is 28.6. The van der Waals surface area contributed by atoms with Crippen LogP contribution in [-0.4, -0.2) is 74.6 Å². The topological polar surface area (TPSA) is 157 Å². The average Bonchev–Trinajstić information content (AvgIpc) is 3.20. The summed E-state index contributed by atoms with van der Waals surface area (Å²) >= 11 is 3.40. The zero-order chi connectivity index (χ0) is 28.3. The molecule has 39 heavy (non-hydrogen) atoms. The Labute approximate surface area is 233 Å². The molecule has 11 heteroatoms. The first-order valence-corrected chi connectivity index (χ1v) is 13.2. The number of aromatic hydroxyl groups is 1. The summed E-state index contributed by atoms with van der Waals surface area (Å²) in [5, 5.41) is 42.1. The number of benzene rings is 1.